The number of hydrogen-bond acceptors (Lipinski definition) is 8. The van der Waals surface area contributed by atoms with Gasteiger partial charge in [0, 0.05) is 18.2 Å². The molecule has 5 atom stereocenters. The van der Waals surface area contributed by atoms with Gasteiger partial charge < -0.3 is 9.84 Å². The molecule has 0 aromatic carbocycles. The zero-order chi connectivity index (χ0) is 19.8. The molecule has 2 aliphatic rings. The number of nitrogens with one attached hydrogen (secondary N) is 1. The number of ether oxygens (including phenoxy) is 1. The maximum absolute atomic E-state index is 12.6. The Balaban J connectivity index is 1.63. The van der Waals surface area contributed by atoms with Gasteiger partial charge in [0.05, 0.1) is 19.1 Å². The second kappa shape index (κ2) is 7.69. The summed E-state index contributed by atoms with van der Waals surface area (Å²) in [5.41, 5.74) is -0.733. The van der Waals surface area contributed by atoms with E-state index in [1.165, 1.54) is 17.7 Å². The van der Waals surface area contributed by atoms with E-state index in [0.717, 1.165) is 0 Å². The van der Waals surface area contributed by atoms with Crippen molar-refractivity contribution in [1.29, 1.82) is 0 Å². The van der Waals surface area contributed by atoms with Gasteiger partial charge in [0.1, 0.15) is 18.4 Å². The average molecular weight is 404 g/mol. The highest BCUT2D eigenvalue weighted by Gasteiger charge is 2.48. The van der Waals surface area contributed by atoms with Crippen molar-refractivity contribution in [2.24, 2.45) is 5.92 Å². The van der Waals surface area contributed by atoms with Gasteiger partial charge in [-0.15, -0.1) is 0 Å². The molecule has 2 saturated heterocycles. The maximum atomic E-state index is 12.6. The Morgan fingerprint density at radius 2 is 2.22 bits per heavy atom. The Bertz CT molecular complexity index is 879. The normalized spacial score (nSPS) is 31.4. The van der Waals surface area contributed by atoms with Crippen LogP contribution >= 0.6 is 7.82 Å². The summed E-state index contributed by atoms with van der Waals surface area (Å²) in [7, 11) is -3.84. The molecule has 27 heavy (non-hydrogen) atoms. The van der Waals surface area contributed by atoms with Crippen molar-refractivity contribution in [1.82, 2.24) is 9.55 Å². The van der Waals surface area contributed by atoms with E-state index in [1.807, 2.05) is 0 Å². The van der Waals surface area contributed by atoms with Gasteiger partial charge in [0.15, 0.2) is 0 Å². The Morgan fingerprint density at radius 3 is 2.93 bits per heavy atom. The third-order valence-electron chi connectivity index (χ3n) is 4.52. The summed E-state index contributed by atoms with van der Waals surface area (Å²) < 4.78 is 35.3. The van der Waals surface area contributed by atoms with Crippen LogP contribution in [0.2, 0.25) is 0 Å². The highest BCUT2D eigenvalue weighted by Crippen LogP contribution is 2.56. The second-order valence-electron chi connectivity index (χ2n) is 6.59. The Labute approximate surface area is 153 Å². The minimum atomic E-state index is -3.84. The van der Waals surface area contributed by atoms with E-state index in [2.05, 4.69) is 4.98 Å². The number of phosphoric acid groups is 1. The number of H-pyrrole nitrogens is 1. The number of aromatic nitrogens is 2. The topological polar surface area (TPSA) is 146 Å². The summed E-state index contributed by atoms with van der Waals surface area (Å²) in [6, 6.07) is 0. The van der Waals surface area contributed by atoms with Crippen LogP contribution in [-0.2, 0) is 27.7 Å². The largest absolute Gasteiger partial charge is 0.481 e. The number of aliphatic carboxylic acids is 1. The Hall–Kier alpha value is -1.78. The van der Waals surface area contributed by atoms with Gasteiger partial charge in [-0.05, 0) is 13.3 Å². The molecule has 0 spiro atoms. The molecule has 12 heteroatoms. The number of carboxylic acids is 1. The minimum Gasteiger partial charge on any atom is -0.481 e. The highest BCUT2D eigenvalue weighted by atomic mass is 31.2. The van der Waals surface area contributed by atoms with E-state index in [0.29, 0.717) is 5.56 Å². The lowest BCUT2D eigenvalue weighted by molar-refractivity contribution is -0.141. The molecular formula is C15H21N2O9P. The van der Waals surface area contributed by atoms with E-state index < -0.39 is 49.4 Å². The lowest BCUT2D eigenvalue weighted by atomic mass is 10.1. The molecule has 0 radical (unpaired) electrons. The van der Waals surface area contributed by atoms with Crippen LogP contribution in [0.5, 0.6) is 0 Å². The molecule has 1 aromatic heterocycles. The molecule has 1 unspecified atom stereocenters. The number of phosphoric ester groups is 1. The Morgan fingerprint density at radius 1 is 1.48 bits per heavy atom. The van der Waals surface area contributed by atoms with Gasteiger partial charge in [-0.2, -0.15) is 0 Å². The van der Waals surface area contributed by atoms with Crippen LogP contribution in [0.3, 0.4) is 0 Å². The molecule has 11 nitrogen and oxygen atoms in total. The van der Waals surface area contributed by atoms with Crippen LogP contribution < -0.4 is 11.2 Å². The molecule has 3 rings (SSSR count). The molecule has 2 aliphatic heterocycles. The summed E-state index contributed by atoms with van der Waals surface area (Å²) in [6.07, 6.45) is -0.0922. The standard InChI is InChI=1S/C15H21N2O9P/c1-8(14(19)20)3-4-23-27(22)24-7-11-10(26-27)5-12(25-11)17-6-9(2)13(18)16-15(17)21/h6,8,10-12H,3-5,7H2,1-2H3,(H,19,20)(H,16,18,21)/t8?,10-,11+,12+,27-/m1/s1. The fraction of sp³-hybridized carbons (Fsp3) is 0.667. The van der Waals surface area contributed by atoms with Crippen LogP contribution in [0.25, 0.3) is 0 Å². The van der Waals surface area contributed by atoms with Gasteiger partial charge >= 0.3 is 19.5 Å². The SMILES string of the molecule is Cc1cn([C@@H]2C[C@H]3O[P@](=O)(OCCC(C)C(=O)O)OC[C@@H]3O2)c(=O)[nH]c1=O. The van der Waals surface area contributed by atoms with Gasteiger partial charge in [0.25, 0.3) is 5.56 Å². The molecular weight excluding hydrogens is 383 g/mol. The van der Waals surface area contributed by atoms with E-state index in [9.17, 15) is 18.9 Å². The van der Waals surface area contributed by atoms with Gasteiger partial charge in [0.2, 0.25) is 0 Å². The molecule has 0 amide bonds. The summed E-state index contributed by atoms with van der Waals surface area (Å²) in [6.45, 7) is 2.94. The monoisotopic (exact) mass is 404 g/mol. The molecule has 0 aliphatic carbocycles. The summed E-state index contributed by atoms with van der Waals surface area (Å²) in [5, 5.41) is 8.85. The van der Waals surface area contributed by atoms with Crippen molar-refractivity contribution < 1.29 is 32.8 Å². The van der Waals surface area contributed by atoms with Crippen molar-refractivity contribution in [2.75, 3.05) is 13.2 Å². The van der Waals surface area contributed by atoms with Crippen LogP contribution in [0.15, 0.2) is 15.8 Å². The first-order chi connectivity index (χ1) is 12.7. The van der Waals surface area contributed by atoms with Gasteiger partial charge in [-0.1, -0.05) is 6.92 Å². The lowest BCUT2D eigenvalue weighted by Crippen LogP contribution is -2.34. The smallest absolute Gasteiger partial charge is 0.475 e. The molecule has 3 heterocycles. The van der Waals surface area contributed by atoms with E-state index >= 15 is 0 Å². The number of aromatic amines is 1. The van der Waals surface area contributed by atoms with E-state index in [-0.39, 0.29) is 26.1 Å². The average Bonchev–Trinajstić information content (AvgIpc) is 3.00. The fourth-order valence-corrected chi connectivity index (χ4v) is 4.23. The third-order valence-corrected chi connectivity index (χ3v) is 6.01. The maximum Gasteiger partial charge on any atom is 0.475 e. The van der Waals surface area contributed by atoms with Crippen LogP contribution in [0, 0.1) is 12.8 Å². The summed E-state index contributed by atoms with van der Waals surface area (Å²) in [5.74, 6) is -1.63. The van der Waals surface area contributed by atoms with Crippen molar-refractivity contribution in [2.45, 2.75) is 45.1 Å². The van der Waals surface area contributed by atoms with E-state index in [4.69, 9.17) is 23.4 Å². The van der Waals surface area contributed by atoms with Crippen molar-refractivity contribution in [3.05, 3.63) is 32.6 Å². The lowest BCUT2D eigenvalue weighted by Gasteiger charge is -2.29. The van der Waals surface area contributed by atoms with Gasteiger partial charge in [-0.25, -0.2) is 9.36 Å². The molecule has 0 saturated carbocycles. The zero-order valence-corrected chi connectivity index (χ0v) is 15.7. The minimum absolute atomic E-state index is 0.0516. The molecule has 0 bridgehead atoms. The molecule has 150 valence electrons. The number of carbonyl (C=O) groups is 1. The number of hydrogen-bond donors (Lipinski definition) is 2. The van der Waals surface area contributed by atoms with E-state index in [1.54, 1.807) is 6.92 Å². The van der Waals surface area contributed by atoms with Crippen molar-refractivity contribution in [3.63, 3.8) is 0 Å². The highest BCUT2D eigenvalue weighted by molar-refractivity contribution is 7.48. The predicted molar refractivity (Wildman–Crippen MR) is 90.4 cm³/mol. The zero-order valence-electron chi connectivity index (χ0n) is 14.8. The molecule has 1 aromatic rings. The number of aryl methyl sites for hydroxylation is 1. The summed E-state index contributed by atoms with van der Waals surface area (Å²) in [4.78, 5) is 36.5. The Kier molecular flexibility index (Phi) is 5.68. The van der Waals surface area contributed by atoms with Crippen LogP contribution in [-0.4, -0.2) is 46.0 Å². The summed E-state index contributed by atoms with van der Waals surface area (Å²) >= 11 is 0. The predicted octanol–water partition coefficient (Wildman–Crippen LogP) is 0.783. The molecule has 2 N–H and O–H groups in total. The van der Waals surface area contributed by atoms with Gasteiger partial charge in [-0.3, -0.25) is 32.7 Å². The first kappa shape index (κ1) is 20.0. The number of nitrogens with zero attached hydrogens (tertiary/aromatic N) is 1. The quantitative estimate of drug-likeness (QED) is 0.657. The third kappa shape index (κ3) is 4.39. The van der Waals surface area contributed by atoms with Crippen LogP contribution in [0.4, 0.5) is 0 Å². The van der Waals surface area contributed by atoms with Crippen LogP contribution in [0.1, 0.15) is 31.6 Å². The number of carboxylic acid groups (broad SMARTS) is 1. The fourth-order valence-electron chi connectivity index (χ4n) is 2.83. The first-order valence-electron chi connectivity index (χ1n) is 8.46. The number of fused-ring (bicyclic) bond motifs is 1. The second-order valence-corrected chi connectivity index (χ2v) is 8.21. The first-order valence-corrected chi connectivity index (χ1v) is 9.92. The van der Waals surface area contributed by atoms with Crippen molar-refractivity contribution >= 4 is 13.8 Å². The number of rotatable bonds is 6. The molecule has 2 fully saturated rings. The van der Waals surface area contributed by atoms with Crippen molar-refractivity contribution in [3.8, 4) is 0 Å².